The molecule has 1 N–H and O–H groups in total. The molecule has 2 aliphatic heterocycles. The summed E-state index contributed by atoms with van der Waals surface area (Å²) in [5.41, 5.74) is 1.30. The summed E-state index contributed by atoms with van der Waals surface area (Å²) < 4.78 is 11.3. The Balaban J connectivity index is 1.61. The molecule has 0 saturated carbocycles. The van der Waals surface area contributed by atoms with Crippen LogP contribution in [0.15, 0.2) is 17.0 Å². The Morgan fingerprint density at radius 2 is 2.05 bits per heavy atom. The highest BCUT2D eigenvalue weighted by atomic mass is 32.2. The molecule has 0 aliphatic carbocycles. The number of benzene rings is 1. The molecule has 0 spiro atoms. The van der Waals surface area contributed by atoms with Gasteiger partial charge in [-0.05, 0) is 56.4 Å². The number of hydrogen-bond donors (Lipinski definition) is 1. The van der Waals surface area contributed by atoms with E-state index < -0.39 is 0 Å². The quantitative estimate of drug-likeness (QED) is 0.844. The fourth-order valence-electron chi connectivity index (χ4n) is 3.04. The summed E-state index contributed by atoms with van der Waals surface area (Å²) in [6.07, 6.45) is 3.42. The smallest absolute Gasteiger partial charge is 0.162 e. The van der Waals surface area contributed by atoms with Crippen LogP contribution in [0.5, 0.6) is 11.5 Å². The van der Waals surface area contributed by atoms with Gasteiger partial charge in [0, 0.05) is 18.0 Å². The number of ether oxygens (including phenoxy) is 2. The predicted octanol–water partition coefficient (Wildman–Crippen LogP) is 2.22. The topological polar surface area (TPSA) is 33.7 Å². The number of nitrogens with one attached hydrogen (secondary N) is 1. The highest BCUT2D eigenvalue weighted by Crippen LogP contribution is 2.36. The van der Waals surface area contributed by atoms with Gasteiger partial charge in [-0.2, -0.15) is 0 Å². The van der Waals surface area contributed by atoms with Crippen LogP contribution in [-0.2, 0) is 6.54 Å². The fraction of sp³-hybridized carbons (Fsp3) is 0.625. The van der Waals surface area contributed by atoms with Crippen LogP contribution >= 0.6 is 11.8 Å². The van der Waals surface area contributed by atoms with Crippen molar-refractivity contribution >= 4 is 11.8 Å². The maximum Gasteiger partial charge on any atom is 0.162 e. The maximum absolute atomic E-state index is 5.69. The van der Waals surface area contributed by atoms with Crippen molar-refractivity contribution in [1.29, 1.82) is 0 Å². The van der Waals surface area contributed by atoms with Gasteiger partial charge < -0.3 is 19.7 Å². The summed E-state index contributed by atoms with van der Waals surface area (Å²) in [4.78, 5) is 3.68. The summed E-state index contributed by atoms with van der Waals surface area (Å²) >= 11 is 1.77. The van der Waals surface area contributed by atoms with Crippen molar-refractivity contribution in [2.45, 2.75) is 17.9 Å². The SMILES string of the molecule is CSc1cc2c(cc1CNCC1CCN(C)C1)OCCO2. The lowest BCUT2D eigenvalue weighted by Gasteiger charge is -2.21. The summed E-state index contributed by atoms with van der Waals surface area (Å²) in [7, 11) is 2.20. The Kier molecular flexibility index (Phi) is 4.93. The van der Waals surface area contributed by atoms with Gasteiger partial charge in [0.1, 0.15) is 13.2 Å². The van der Waals surface area contributed by atoms with Crippen molar-refractivity contribution < 1.29 is 9.47 Å². The Morgan fingerprint density at radius 1 is 1.29 bits per heavy atom. The van der Waals surface area contributed by atoms with E-state index in [0.29, 0.717) is 13.2 Å². The van der Waals surface area contributed by atoms with E-state index >= 15 is 0 Å². The highest BCUT2D eigenvalue weighted by Gasteiger charge is 2.19. The lowest BCUT2D eigenvalue weighted by molar-refractivity contribution is 0.171. The van der Waals surface area contributed by atoms with Gasteiger partial charge in [0.15, 0.2) is 11.5 Å². The maximum atomic E-state index is 5.69. The van der Waals surface area contributed by atoms with Gasteiger partial charge in [-0.15, -0.1) is 11.8 Å². The minimum Gasteiger partial charge on any atom is -0.486 e. The largest absolute Gasteiger partial charge is 0.486 e. The first-order valence-electron chi connectivity index (χ1n) is 7.62. The fourth-order valence-corrected chi connectivity index (χ4v) is 3.66. The molecule has 1 aromatic carbocycles. The molecule has 3 rings (SSSR count). The number of fused-ring (bicyclic) bond motifs is 1. The van der Waals surface area contributed by atoms with E-state index in [-0.39, 0.29) is 0 Å². The molecular weight excluding hydrogens is 284 g/mol. The summed E-state index contributed by atoms with van der Waals surface area (Å²) in [6, 6.07) is 4.24. The molecule has 0 amide bonds. The standard InChI is InChI=1S/C16H24N2O2S/c1-18-4-3-12(11-18)9-17-10-13-7-14-15(8-16(13)21-2)20-6-5-19-14/h7-8,12,17H,3-6,9-11H2,1-2H3. The summed E-state index contributed by atoms with van der Waals surface area (Å²) in [6.45, 7) is 5.72. The van der Waals surface area contributed by atoms with Crippen molar-refractivity contribution in [2.75, 3.05) is 46.2 Å². The van der Waals surface area contributed by atoms with Crippen molar-refractivity contribution in [2.24, 2.45) is 5.92 Å². The number of likely N-dealkylation sites (tertiary alicyclic amines) is 1. The van der Waals surface area contributed by atoms with Gasteiger partial charge in [0.2, 0.25) is 0 Å². The number of nitrogens with zero attached hydrogens (tertiary/aromatic N) is 1. The van der Waals surface area contributed by atoms with E-state index in [4.69, 9.17) is 9.47 Å². The van der Waals surface area contributed by atoms with E-state index in [0.717, 1.165) is 30.5 Å². The second-order valence-corrected chi connectivity index (χ2v) is 6.70. The molecule has 1 unspecified atom stereocenters. The van der Waals surface area contributed by atoms with Crippen LogP contribution in [-0.4, -0.2) is 51.1 Å². The molecule has 5 heteroatoms. The predicted molar refractivity (Wildman–Crippen MR) is 86.5 cm³/mol. The lowest BCUT2D eigenvalue weighted by Crippen LogP contribution is -2.25. The zero-order valence-corrected chi connectivity index (χ0v) is 13.7. The Morgan fingerprint density at radius 3 is 2.71 bits per heavy atom. The van der Waals surface area contributed by atoms with E-state index in [9.17, 15) is 0 Å². The molecule has 1 saturated heterocycles. The van der Waals surface area contributed by atoms with Crippen molar-refractivity contribution in [1.82, 2.24) is 10.2 Å². The Bertz CT molecular complexity index is 495. The lowest BCUT2D eigenvalue weighted by atomic mass is 10.1. The zero-order valence-electron chi connectivity index (χ0n) is 12.9. The molecular formula is C16H24N2O2S. The second-order valence-electron chi connectivity index (χ2n) is 5.86. The molecule has 0 radical (unpaired) electrons. The van der Waals surface area contributed by atoms with Gasteiger partial charge in [0.05, 0.1) is 0 Å². The van der Waals surface area contributed by atoms with Crippen LogP contribution in [0.25, 0.3) is 0 Å². The molecule has 1 aromatic rings. The Labute approximate surface area is 131 Å². The van der Waals surface area contributed by atoms with Crippen LogP contribution in [0, 0.1) is 5.92 Å². The first-order valence-corrected chi connectivity index (χ1v) is 8.84. The molecule has 1 fully saturated rings. The molecule has 2 heterocycles. The first kappa shape index (κ1) is 15.0. The van der Waals surface area contributed by atoms with E-state index in [1.54, 1.807) is 11.8 Å². The van der Waals surface area contributed by atoms with Gasteiger partial charge >= 0.3 is 0 Å². The summed E-state index contributed by atoms with van der Waals surface area (Å²) in [5.74, 6) is 2.55. The third kappa shape index (κ3) is 3.65. The number of hydrogen-bond acceptors (Lipinski definition) is 5. The average Bonchev–Trinajstić information content (AvgIpc) is 2.92. The van der Waals surface area contributed by atoms with Crippen LogP contribution in [0.4, 0.5) is 0 Å². The average molecular weight is 308 g/mol. The van der Waals surface area contributed by atoms with Crippen molar-refractivity contribution in [3.05, 3.63) is 17.7 Å². The highest BCUT2D eigenvalue weighted by molar-refractivity contribution is 7.98. The van der Waals surface area contributed by atoms with Gasteiger partial charge in [-0.3, -0.25) is 0 Å². The van der Waals surface area contributed by atoms with Gasteiger partial charge in [-0.1, -0.05) is 0 Å². The van der Waals surface area contributed by atoms with Crippen LogP contribution in [0.2, 0.25) is 0 Å². The van der Waals surface area contributed by atoms with Crippen LogP contribution < -0.4 is 14.8 Å². The second kappa shape index (κ2) is 6.90. The van der Waals surface area contributed by atoms with Crippen molar-refractivity contribution in [3.63, 3.8) is 0 Å². The number of rotatable bonds is 5. The Hall–Kier alpha value is -0.910. The third-order valence-electron chi connectivity index (χ3n) is 4.18. The zero-order chi connectivity index (χ0) is 14.7. The molecule has 21 heavy (non-hydrogen) atoms. The normalized spacial score (nSPS) is 21.7. The van der Waals surface area contributed by atoms with Crippen LogP contribution in [0.1, 0.15) is 12.0 Å². The molecule has 4 nitrogen and oxygen atoms in total. The summed E-state index contributed by atoms with van der Waals surface area (Å²) in [5, 5.41) is 3.61. The minimum absolute atomic E-state index is 0.646. The van der Waals surface area contributed by atoms with Gasteiger partial charge in [-0.25, -0.2) is 0 Å². The van der Waals surface area contributed by atoms with E-state index in [2.05, 4.69) is 35.7 Å². The first-order chi connectivity index (χ1) is 10.3. The van der Waals surface area contributed by atoms with Gasteiger partial charge in [0.25, 0.3) is 0 Å². The molecule has 0 aromatic heterocycles. The number of thioether (sulfide) groups is 1. The monoisotopic (exact) mass is 308 g/mol. The van der Waals surface area contributed by atoms with E-state index in [1.807, 2.05) is 0 Å². The van der Waals surface area contributed by atoms with E-state index in [1.165, 1.54) is 30.0 Å². The minimum atomic E-state index is 0.646. The molecule has 116 valence electrons. The molecule has 0 bridgehead atoms. The third-order valence-corrected chi connectivity index (χ3v) is 5.00. The molecule has 1 atom stereocenters. The van der Waals surface area contributed by atoms with Crippen LogP contribution in [0.3, 0.4) is 0 Å². The van der Waals surface area contributed by atoms with Crippen molar-refractivity contribution in [3.8, 4) is 11.5 Å². The molecule has 2 aliphatic rings.